The first-order valence-electron chi connectivity index (χ1n) is 3.91. The topological polar surface area (TPSA) is 85.2 Å². The predicted octanol–water partition coefficient (Wildman–Crippen LogP) is 1.70. The van der Waals surface area contributed by atoms with Gasteiger partial charge in [0.1, 0.15) is 5.60 Å². The Morgan fingerprint density at radius 2 is 1.87 bits per heavy atom. The minimum Gasteiger partial charge on any atom is -0.442 e. The summed E-state index contributed by atoms with van der Waals surface area (Å²) in [5.74, 6) is 0. The smallest absolute Gasteiger partial charge is 0.436 e. The number of carbonyl (C=O) groups excluding carboxylic acids is 1. The van der Waals surface area contributed by atoms with Crippen molar-refractivity contribution in [2.75, 3.05) is 6.26 Å². The van der Waals surface area contributed by atoms with Crippen LogP contribution in [-0.4, -0.2) is 31.5 Å². The zero-order valence-corrected chi connectivity index (χ0v) is 10.5. The summed E-state index contributed by atoms with van der Waals surface area (Å²) < 4.78 is 28.4. The number of thioether (sulfide) groups is 1. The normalized spacial score (nSPS) is 12.1. The Kier molecular flexibility index (Phi) is 5.51. The molecule has 0 aromatic rings. The molecule has 0 atom stereocenters. The van der Waals surface area contributed by atoms with Crippen molar-refractivity contribution in [3.8, 4) is 0 Å². The highest BCUT2D eigenvalue weighted by Crippen LogP contribution is 2.09. The molecule has 1 amide bonds. The highest BCUT2D eigenvalue weighted by Gasteiger charge is 2.16. The summed E-state index contributed by atoms with van der Waals surface area (Å²) in [6.07, 6.45) is 0.695. The van der Waals surface area contributed by atoms with E-state index in [0.717, 1.165) is 11.8 Å². The van der Waals surface area contributed by atoms with Crippen LogP contribution in [0.5, 0.6) is 0 Å². The monoisotopic (exact) mass is 252 g/mol. The molecule has 0 aromatic carbocycles. The van der Waals surface area contributed by atoms with Crippen molar-refractivity contribution < 1.29 is 17.9 Å². The van der Waals surface area contributed by atoms with E-state index in [1.807, 2.05) is 0 Å². The second kappa shape index (κ2) is 5.86. The number of nitrogens with zero attached hydrogens (tertiary/aromatic N) is 2. The Morgan fingerprint density at radius 3 is 2.20 bits per heavy atom. The van der Waals surface area contributed by atoms with Crippen molar-refractivity contribution in [1.29, 1.82) is 0 Å². The Morgan fingerprint density at radius 1 is 1.33 bits per heavy atom. The van der Waals surface area contributed by atoms with Gasteiger partial charge >= 0.3 is 16.6 Å². The lowest BCUT2D eigenvalue weighted by molar-refractivity contribution is 0.0605. The number of hydrogen-bond acceptors (Lipinski definition) is 5. The van der Waals surface area contributed by atoms with Crippen LogP contribution in [0.15, 0.2) is 9.36 Å². The second-order valence-corrected chi connectivity index (χ2v) is 4.78. The third kappa shape index (κ3) is 8.13. The molecule has 0 saturated carbocycles. The zero-order valence-electron chi connectivity index (χ0n) is 8.84. The van der Waals surface area contributed by atoms with Crippen LogP contribution in [0.2, 0.25) is 0 Å². The Balaban J connectivity index is 4.72. The first-order valence-corrected chi connectivity index (χ1v) is 6.17. The summed E-state index contributed by atoms with van der Waals surface area (Å²) in [6, 6.07) is 0. The van der Waals surface area contributed by atoms with Gasteiger partial charge in [-0.1, -0.05) is 11.8 Å². The lowest BCUT2D eigenvalue weighted by Gasteiger charge is -2.17. The zero-order chi connectivity index (χ0) is 12.1. The molecule has 0 rings (SSSR count). The highest BCUT2D eigenvalue weighted by molar-refractivity contribution is 8.13. The van der Waals surface area contributed by atoms with Crippen LogP contribution in [0.25, 0.3) is 0 Å². The molecule has 0 radical (unpaired) electrons. The molecule has 0 aliphatic rings. The van der Waals surface area contributed by atoms with Gasteiger partial charge in [0.25, 0.3) is 0 Å². The fourth-order valence-corrected chi connectivity index (χ4v) is 1.34. The van der Waals surface area contributed by atoms with Crippen molar-refractivity contribution in [3.05, 3.63) is 0 Å². The number of rotatable bonds is 0. The van der Waals surface area contributed by atoms with Gasteiger partial charge in [0.15, 0.2) is 0 Å². The summed E-state index contributed by atoms with van der Waals surface area (Å²) in [5.41, 5.74) is -0.666. The molecule has 0 spiro atoms. The quantitative estimate of drug-likeness (QED) is 0.484. The molecular weight excluding hydrogens is 240 g/mol. The van der Waals surface area contributed by atoms with Crippen LogP contribution in [0.1, 0.15) is 20.8 Å². The first-order chi connectivity index (χ1) is 6.74. The minimum absolute atomic E-state index is 0.155. The number of ether oxygens (including phenoxy) is 1. The molecule has 0 saturated heterocycles. The van der Waals surface area contributed by atoms with Gasteiger partial charge in [-0.05, 0) is 27.0 Å². The standard InChI is InChI=1S/C7H12N2O4S2/c1-7(2,3)13-6(10)8-5(14-4)9-15(11)12/h1-4H3. The van der Waals surface area contributed by atoms with Crippen molar-refractivity contribution in [3.63, 3.8) is 0 Å². The molecule has 0 bridgehead atoms. The predicted molar refractivity (Wildman–Crippen MR) is 58.5 cm³/mol. The lowest BCUT2D eigenvalue weighted by atomic mass is 10.2. The average Bonchev–Trinajstić information content (AvgIpc) is 1.98. The number of carbonyl (C=O) groups is 1. The van der Waals surface area contributed by atoms with E-state index in [1.165, 1.54) is 0 Å². The van der Waals surface area contributed by atoms with Gasteiger partial charge in [0.05, 0.1) is 0 Å². The molecule has 0 fully saturated rings. The molecular formula is C7H12N2O4S2. The molecule has 0 aliphatic heterocycles. The van der Waals surface area contributed by atoms with Gasteiger partial charge in [0.2, 0.25) is 5.17 Å². The van der Waals surface area contributed by atoms with E-state index < -0.39 is 22.2 Å². The van der Waals surface area contributed by atoms with Gasteiger partial charge in [-0.15, -0.1) is 9.36 Å². The summed E-state index contributed by atoms with van der Waals surface area (Å²) in [4.78, 5) is 14.5. The Labute approximate surface area is 93.8 Å². The maximum absolute atomic E-state index is 11.1. The number of hydrogen-bond donors (Lipinski definition) is 0. The van der Waals surface area contributed by atoms with Crippen LogP contribution in [0, 0.1) is 0 Å². The summed E-state index contributed by atoms with van der Waals surface area (Å²) in [6.45, 7) is 5.05. The maximum Gasteiger partial charge on any atom is 0.436 e. The highest BCUT2D eigenvalue weighted by atomic mass is 32.2. The van der Waals surface area contributed by atoms with Crippen molar-refractivity contribution in [2.45, 2.75) is 26.4 Å². The van der Waals surface area contributed by atoms with Gasteiger partial charge < -0.3 is 4.74 Å². The van der Waals surface area contributed by atoms with Crippen LogP contribution in [0.3, 0.4) is 0 Å². The number of aliphatic imine (C=N–C) groups is 1. The first kappa shape index (κ1) is 14.1. The van der Waals surface area contributed by atoms with E-state index in [2.05, 4.69) is 9.36 Å². The maximum atomic E-state index is 11.1. The molecule has 0 N–H and O–H groups in total. The van der Waals surface area contributed by atoms with Gasteiger partial charge in [-0.3, -0.25) is 0 Å². The molecule has 0 unspecified atom stereocenters. The Bertz CT molecular complexity index is 384. The number of amidine groups is 1. The molecule has 0 heterocycles. The van der Waals surface area contributed by atoms with Crippen LogP contribution in [0.4, 0.5) is 4.79 Å². The van der Waals surface area contributed by atoms with Crippen molar-refractivity contribution in [1.82, 2.24) is 0 Å². The summed E-state index contributed by atoms with van der Waals surface area (Å²) in [7, 11) is -2.62. The minimum atomic E-state index is -2.62. The van der Waals surface area contributed by atoms with Gasteiger partial charge in [-0.25, -0.2) is 4.79 Å². The van der Waals surface area contributed by atoms with E-state index in [9.17, 15) is 13.2 Å². The Hall–Kier alpha value is -0.890. The SMILES string of the molecule is CSC(=NC(=O)OC(C)(C)C)N=S(=O)=O. The van der Waals surface area contributed by atoms with E-state index >= 15 is 0 Å². The molecule has 0 aliphatic carbocycles. The fraction of sp³-hybridized carbons (Fsp3) is 0.714. The lowest BCUT2D eigenvalue weighted by Crippen LogP contribution is -2.22. The van der Waals surface area contributed by atoms with Gasteiger partial charge in [0, 0.05) is 0 Å². The van der Waals surface area contributed by atoms with Crippen LogP contribution >= 0.6 is 11.8 Å². The molecule has 6 nitrogen and oxygen atoms in total. The largest absolute Gasteiger partial charge is 0.442 e. The molecule has 0 aromatic heterocycles. The van der Waals surface area contributed by atoms with Crippen LogP contribution < -0.4 is 0 Å². The van der Waals surface area contributed by atoms with Gasteiger partial charge in [-0.2, -0.15) is 8.42 Å². The summed E-state index contributed by atoms with van der Waals surface area (Å²) >= 11 is 0.942. The van der Waals surface area contributed by atoms with E-state index in [-0.39, 0.29) is 5.17 Å². The molecule has 8 heteroatoms. The fourth-order valence-electron chi connectivity index (χ4n) is 0.530. The third-order valence-electron chi connectivity index (χ3n) is 0.916. The average molecular weight is 252 g/mol. The van der Waals surface area contributed by atoms with E-state index in [0.29, 0.717) is 0 Å². The summed E-state index contributed by atoms with van der Waals surface area (Å²) in [5, 5.41) is -0.155. The number of amides is 1. The van der Waals surface area contributed by atoms with Crippen LogP contribution in [-0.2, 0) is 15.2 Å². The van der Waals surface area contributed by atoms with Crippen molar-refractivity contribution in [2.24, 2.45) is 9.36 Å². The second-order valence-electron chi connectivity index (χ2n) is 3.39. The molecule has 86 valence electrons. The third-order valence-corrected chi connectivity index (χ3v) is 1.90. The van der Waals surface area contributed by atoms with Crippen molar-refractivity contribution >= 4 is 33.5 Å². The van der Waals surface area contributed by atoms with E-state index in [4.69, 9.17) is 4.74 Å². The molecule has 15 heavy (non-hydrogen) atoms. The van der Waals surface area contributed by atoms with E-state index in [1.54, 1.807) is 27.0 Å².